The number of imidazole rings is 1. The minimum absolute atomic E-state index is 0.322. The molecule has 0 aromatic carbocycles. The van der Waals surface area contributed by atoms with Crippen molar-refractivity contribution < 1.29 is 0 Å². The number of nitrogens with zero attached hydrogens (tertiary/aromatic N) is 4. The van der Waals surface area contributed by atoms with E-state index < -0.39 is 0 Å². The van der Waals surface area contributed by atoms with Crippen molar-refractivity contribution in [2.75, 3.05) is 33.2 Å². The molecule has 0 aliphatic carbocycles. The van der Waals surface area contributed by atoms with Crippen LogP contribution in [0.15, 0.2) is 0 Å². The molecule has 5 nitrogen and oxygen atoms in total. The van der Waals surface area contributed by atoms with Crippen molar-refractivity contribution in [1.82, 2.24) is 19.8 Å². The lowest BCUT2D eigenvalue weighted by Crippen LogP contribution is -2.45. The fourth-order valence-electron chi connectivity index (χ4n) is 2.07. The summed E-state index contributed by atoms with van der Waals surface area (Å²) in [4.78, 5) is 11.6. The van der Waals surface area contributed by atoms with Crippen LogP contribution in [0.3, 0.4) is 0 Å². The number of aromatic nitrogens is 2. The van der Waals surface area contributed by atoms with Gasteiger partial charge in [-0.2, -0.15) is 5.26 Å². The van der Waals surface area contributed by atoms with Gasteiger partial charge in [0.15, 0.2) is 5.15 Å². The minimum atomic E-state index is -0.322. The lowest BCUT2D eigenvalue weighted by molar-refractivity contribution is 0.131. The van der Waals surface area contributed by atoms with Gasteiger partial charge in [0.2, 0.25) is 0 Å². The Morgan fingerprint density at radius 1 is 1.41 bits per heavy atom. The number of nitriles is 1. The number of halogens is 1. The number of hydrogen-bond acceptors (Lipinski definition) is 4. The van der Waals surface area contributed by atoms with Gasteiger partial charge in [-0.3, -0.25) is 4.90 Å². The third-order valence-corrected chi connectivity index (χ3v) is 3.39. The molecule has 0 saturated carbocycles. The SMILES string of the molecule is Cc1nc(Cl)c(C(C#N)N2CCN(C)CC2)[nH]1. The molecule has 1 atom stereocenters. The number of likely N-dealkylation sites (N-methyl/N-ethyl adjacent to an activating group) is 1. The standard InChI is InChI=1S/C11H16ClN5/c1-8-14-10(11(12)15-8)9(7-13)17-5-3-16(2)4-6-17/h9H,3-6H2,1-2H3,(H,14,15). The van der Waals surface area contributed by atoms with Crippen molar-refractivity contribution in [2.24, 2.45) is 0 Å². The van der Waals surface area contributed by atoms with E-state index in [-0.39, 0.29) is 6.04 Å². The first kappa shape index (κ1) is 12.4. The van der Waals surface area contributed by atoms with Gasteiger partial charge in [-0.15, -0.1) is 0 Å². The van der Waals surface area contributed by atoms with Crippen LogP contribution in [0.4, 0.5) is 0 Å². The molecule has 17 heavy (non-hydrogen) atoms. The second kappa shape index (κ2) is 5.05. The molecule has 1 aromatic rings. The van der Waals surface area contributed by atoms with E-state index in [0.717, 1.165) is 37.7 Å². The monoisotopic (exact) mass is 253 g/mol. The van der Waals surface area contributed by atoms with E-state index in [9.17, 15) is 5.26 Å². The van der Waals surface area contributed by atoms with E-state index in [2.05, 4.69) is 32.9 Å². The summed E-state index contributed by atoms with van der Waals surface area (Å²) in [6.07, 6.45) is 0. The Morgan fingerprint density at radius 2 is 2.06 bits per heavy atom. The minimum Gasteiger partial charge on any atom is -0.343 e. The molecule has 1 saturated heterocycles. The van der Waals surface area contributed by atoms with Crippen molar-refractivity contribution in [1.29, 1.82) is 5.26 Å². The lowest BCUT2D eigenvalue weighted by Gasteiger charge is -2.34. The molecular formula is C11H16ClN5. The first-order valence-electron chi connectivity index (χ1n) is 5.66. The van der Waals surface area contributed by atoms with Crippen LogP contribution in [0.5, 0.6) is 0 Å². The number of hydrogen-bond donors (Lipinski definition) is 1. The normalized spacial score (nSPS) is 20.1. The van der Waals surface area contributed by atoms with Crippen molar-refractivity contribution in [3.8, 4) is 6.07 Å². The van der Waals surface area contributed by atoms with Crippen LogP contribution >= 0.6 is 11.6 Å². The highest BCUT2D eigenvalue weighted by Gasteiger charge is 2.27. The second-order valence-corrected chi connectivity index (χ2v) is 4.76. The summed E-state index contributed by atoms with van der Waals surface area (Å²) in [5.41, 5.74) is 0.719. The second-order valence-electron chi connectivity index (χ2n) is 4.40. The number of nitrogens with one attached hydrogen (secondary N) is 1. The summed E-state index contributed by atoms with van der Waals surface area (Å²) < 4.78 is 0. The van der Waals surface area contributed by atoms with E-state index in [1.807, 2.05) is 6.92 Å². The maximum Gasteiger partial charge on any atom is 0.153 e. The van der Waals surface area contributed by atoms with Crippen molar-refractivity contribution in [3.05, 3.63) is 16.7 Å². The zero-order valence-corrected chi connectivity index (χ0v) is 10.8. The molecular weight excluding hydrogens is 238 g/mol. The molecule has 1 unspecified atom stereocenters. The Labute approximate surface area is 106 Å². The lowest BCUT2D eigenvalue weighted by atomic mass is 10.2. The topological polar surface area (TPSA) is 59.0 Å². The van der Waals surface area contributed by atoms with E-state index in [1.54, 1.807) is 0 Å². The Kier molecular flexibility index (Phi) is 3.67. The van der Waals surface area contributed by atoms with Crippen molar-refractivity contribution in [3.63, 3.8) is 0 Å². The molecule has 2 heterocycles. The van der Waals surface area contributed by atoms with Gasteiger partial charge in [0, 0.05) is 26.2 Å². The molecule has 0 amide bonds. The average molecular weight is 254 g/mol. The van der Waals surface area contributed by atoms with E-state index in [1.165, 1.54) is 0 Å². The van der Waals surface area contributed by atoms with Crippen LogP contribution in [-0.2, 0) is 0 Å². The maximum absolute atomic E-state index is 9.32. The van der Waals surface area contributed by atoms with Gasteiger partial charge >= 0.3 is 0 Å². The zero-order chi connectivity index (χ0) is 12.4. The molecule has 6 heteroatoms. The van der Waals surface area contributed by atoms with Crippen LogP contribution in [0.1, 0.15) is 17.6 Å². The van der Waals surface area contributed by atoms with E-state index in [4.69, 9.17) is 11.6 Å². The Morgan fingerprint density at radius 3 is 2.53 bits per heavy atom. The van der Waals surface area contributed by atoms with Gasteiger partial charge in [-0.25, -0.2) is 4.98 Å². The van der Waals surface area contributed by atoms with Gasteiger partial charge in [-0.1, -0.05) is 11.6 Å². The number of rotatable bonds is 2. The van der Waals surface area contributed by atoms with Gasteiger partial charge < -0.3 is 9.88 Å². The highest BCUT2D eigenvalue weighted by Crippen LogP contribution is 2.25. The smallest absolute Gasteiger partial charge is 0.153 e. The molecule has 2 rings (SSSR count). The van der Waals surface area contributed by atoms with Gasteiger partial charge in [0.1, 0.15) is 11.9 Å². The molecule has 1 aliphatic heterocycles. The molecule has 0 spiro atoms. The molecule has 0 radical (unpaired) electrons. The maximum atomic E-state index is 9.32. The summed E-state index contributed by atoms with van der Waals surface area (Å²) in [6, 6.07) is 1.99. The van der Waals surface area contributed by atoms with Gasteiger partial charge in [-0.05, 0) is 14.0 Å². The number of H-pyrrole nitrogens is 1. The Bertz CT molecular complexity index is 428. The van der Waals surface area contributed by atoms with Crippen LogP contribution in [0.25, 0.3) is 0 Å². The summed E-state index contributed by atoms with van der Waals surface area (Å²) in [7, 11) is 2.09. The van der Waals surface area contributed by atoms with Crippen LogP contribution in [0.2, 0.25) is 5.15 Å². The average Bonchev–Trinajstić information content (AvgIpc) is 2.62. The summed E-state index contributed by atoms with van der Waals surface area (Å²) in [5, 5.41) is 9.73. The highest BCUT2D eigenvalue weighted by molar-refractivity contribution is 6.30. The first-order valence-corrected chi connectivity index (χ1v) is 6.04. The Balaban J connectivity index is 2.17. The molecule has 1 N–H and O–H groups in total. The van der Waals surface area contributed by atoms with Crippen LogP contribution in [0, 0.1) is 18.3 Å². The largest absolute Gasteiger partial charge is 0.343 e. The fourth-order valence-corrected chi connectivity index (χ4v) is 2.35. The Hall–Kier alpha value is -1.09. The van der Waals surface area contributed by atoms with Crippen molar-refractivity contribution in [2.45, 2.75) is 13.0 Å². The summed E-state index contributed by atoms with van der Waals surface area (Å²) in [5.74, 6) is 0.749. The van der Waals surface area contributed by atoms with E-state index in [0.29, 0.717) is 5.15 Å². The predicted octanol–water partition coefficient (Wildman–Crippen LogP) is 1.18. The first-order chi connectivity index (χ1) is 8.11. The molecule has 1 fully saturated rings. The summed E-state index contributed by atoms with van der Waals surface area (Å²) in [6.45, 7) is 5.55. The number of aromatic amines is 1. The molecule has 1 aliphatic rings. The van der Waals surface area contributed by atoms with Crippen molar-refractivity contribution >= 4 is 11.6 Å². The molecule has 0 bridgehead atoms. The third-order valence-electron chi connectivity index (χ3n) is 3.10. The van der Waals surface area contributed by atoms with Crippen LogP contribution < -0.4 is 0 Å². The third kappa shape index (κ3) is 2.60. The fraction of sp³-hybridized carbons (Fsp3) is 0.636. The molecule has 92 valence electrons. The number of aryl methyl sites for hydroxylation is 1. The van der Waals surface area contributed by atoms with E-state index >= 15 is 0 Å². The summed E-state index contributed by atoms with van der Waals surface area (Å²) >= 11 is 6.04. The van der Waals surface area contributed by atoms with Gasteiger partial charge in [0.25, 0.3) is 0 Å². The zero-order valence-electron chi connectivity index (χ0n) is 10.1. The quantitative estimate of drug-likeness (QED) is 0.860. The predicted molar refractivity (Wildman–Crippen MR) is 65.8 cm³/mol. The van der Waals surface area contributed by atoms with Crippen LogP contribution in [-0.4, -0.2) is 53.0 Å². The molecule has 1 aromatic heterocycles. The van der Waals surface area contributed by atoms with Gasteiger partial charge in [0.05, 0.1) is 11.8 Å². The number of piperazine rings is 1. The highest BCUT2D eigenvalue weighted by atomic mass is 35.5.